The molecule has 0 aliphatic carbocycles. The number of thiazole rings is 1. The van der Waals surface area contributed by atoms with E-state index in [4.69, 9.17) is 5.73 Å². The van der Waals surface area contributed by atoms with Crippen LogP contribution in [-0.2, 0) is 6.54 Å². The van der Waals surface area contributed by atoms with Crippen molar-refractivity contribution >= 4 is 17.3 Å². The number of aromatic nitrogens is 1. The lowest BCUT2D eigenvalue weighted by molar-refractivity contribution is 0.820. The highest BCUT2D eigenvalue weighted by Gasteiger charge is 2.04. The van der Waals surface area contributed by atoms with Crippen LogP contribution in [0.25, 0.3) is 0 Å². The molecule has 16 heavy (non-hydrogen) atoms. The van der Waals surface area contributed by atoms with E-state index in [0.29, 0.717) is 25.0 Å². The Bertz CT molecular complexity index is 368. The van der Waals surface area contributed by atoms with Gasteiger partial charge in [-0.1, -0.05) is 19.9 Å². The van der Waals surface area contributed by atoms with Crippen molar-refractivity contribution in [1.82, 2.24) is 10.3 Å². The third-order valence-corrected chi connectivity index (χ3v) is 2.83. The van der Waals surface area contributed by atoms with Gasteiger partial charge in [-0.05, 0) is 5.92 Å². The molecular formula is C11H18N4S. The summed E-state index contributed by atoms with van der Waals surface area (Å²) in [7, 11) is 0. The van der Waals surface area contributed by atoms with Gasteiger partial charge in [-0.25, -0.2) is 9.98 Å². The zero-order valence-corrected chi connectivity index (χ0v) is 10.5. The summed E-state index contributed by atoms with van der Waals surface area (Å²) in [4.78, 5) is 8.66. The molecule has 0 fully saturated rings. The number of nitrogens with zero attached hydrogens (tertiary/aromatic N) is 2. The van der Waals surface area contributed by atoms with Crippen LogP contribution in [0.4, 0.5) is 0 Å². The molecule has 88 valence electrons. The molecule has 3 N–H and O–H groups in total. The SMILES string of the molecule is C=CCNC(N)=NCc1nc(C(C)C)cs1. The lowest BCUT2D eigenvalue weighted by Gasteiger charge is -2.00. The zero-order chi connectivity index (χ0) is 12.0. The van der Waals surface area contributed by atoms with Gasteiger partial charge in [0, 0.05) is 11.9 Å². The summed E-state index contributed by atoms with van der Waals surface area (Å²) in [5.41, 5.74) is 6.76. The Kier molecular flexibility index (Phi) is 4.98. The van der Waals surface area contributed by atoms with Gasteiger partial charge in [0.25, 0.3) is 0 Å². The van der Waals surface area contributed by atoms with Crippen LogP contribution in [0, 0.1) is 0 Å². The van der Waals surface area contributed by atoms with Gasteiger partial charge in [-0.15, -0.1) is 17.9 Å². The van der Waals surface area contributed by atoms with Crippen molar-refractivity contribution in [2.45, 2.75) is 26.3 Å². The van der Waals surface area contributed by atoms with E-state index in [1.165, 1.54) is 0 Å². The van der Waals surface area contributed by atoms with E-state index in [-0.39, 0.29) is 0 Å². The maximum atomic E-state index is 5.64. The maximum absolute atomic E-state index is 5.64. The standard InChI is InChI=1S/C11H18N4S/c1-4-5-13-11(12)14-6-10-15-9(7-16-10)8(2)3/h4,7-8H,1,5-6H2,2-3H3,(H3,12,13,14). The van der Waals surface area contributed by atoms with E-state index in [1.54, 1.807) is 17.4 Å². The highest BCUT2D eigenvalue weighted by atomic mass is 32.1. The predicted octanol–water partition coefficient (Wildman–Crippen LogP) is 1.86. The molecule has 1 aromatic rings. The van der Waals surface area contributed by atoms with Crippen LogP contribution in [0.2, 0.25) is 0 Å². The second-order valence-corrected chi connectivity index (χ2v) is 4.63. The van der Waals surface area contributed by atoms with Crippen molar-refractivity contribution in [2.24, 2.45) is 10.7 Å². The largest absolute Gasteiger partial charge is 0.370 e. The Labute approximate surface area is 100 Å². The fraction of sp³-hybridized carbons (Fsp3) is 0.455. The van der Waals surface area contributed by atoms with E-state index < -0.39 is 0 Å². The molecule has 0 aromatic carbocycles. The van der Waals surface area contributed by atoms with E-state index in [2.05, 4.69) is 41.1 Å². The van der Waals surface area contributed by atoms with Crippen molar-refractivity contribution in [3.05, 3.63) is 28.7 Å². The molecule has 0 spiro atoms. The Morgan fingerprint density at radius 1 is 1.75 bits per heavy atom. The number of aliphatic imine (C=N–C) groups is 1. The molecule has 1 aromatic heterocycles. The summed E-state index contributed by atoms with van der Waals surface area (Å²) < 4.78 is 0. The summed E-state index contributed by atoms with van der Waals surface area (Å²) in [5, 5.41) is 5.98. The molecule has 0 bridgehead atoms. The van der Waals surface area contributed by atoms with Crippen molar-refractivity contribution in [1.29, 1.82) is 0 Å². The molecule has 0 aliphatic rings. The van der Waals surface area contributed by atoms with Gasteiger partial charge in [-0.2, -0.15) is 0 Å². The average molecular weight is 238 g/mol. The second kappa shape index (κ2) is 6.27. The van der Waals surface area contributed by atoms with E-state index in [0.717, 1.165) is 10.7 Å². The highest BCUT2D eigenvalue weighted by molar-refractivity contribution is 7.09. The minimum absolute atomic E-state index is 0.432. The monoisotopic (exact) mass is 238 g/mol. The van der Waals surface area contributed by atoms with Crippen LogP contribution in [0.1, 0.15) is 30.5 Å². The molecule has 0 unspecified atom stereocenters. The molecule has 1 heterocycles. The lowest BCUT2D eigenvalue weighted by Crippen LogP contribution is -2.31. The van der Waals surface area contributed by atoms with Gasteiger partial charge in [0.2, 0.25) is 0 Å². The number of guanidine groups is 1. The summed E-state index contributed by atoms with van der Waals surface area (Å²) >= 11 is 1.62. The molecular weight excluding hydrogens is 220 g/mol. The van der Waals surface area contributed by atoms with Crippen LogP contribution < -0.4 is 11.1 Å². The predicted molar refractivity (Wildman–Crippen MR) is 69.7 cm³/mol. The molecule has 4 nitrogen and oxygen atoms in total. The number of hydrogen-bond acceptors (Lipinski definition) is 3. The van der Waals surface area contributed by atoms with E-state index >= 15 is 0 Å². The summed E-state index contributed by atoms with van der Waals surface area (Å²) in [6, 6.07) is 0. The first-order valence-electron chi connectivity index (χ1n) is 5.22. The first kappa shape index (κ1) is 12.7. The molecule has 0 saturated heterocycles. The average Bonchev–Trinajstić information content (AvgIpc) is 2.72. The van der Waals surface area contributed by atoms with Gasteiger partial charge in [0.1, 0.15) is 5.01 Å². The second-order valence-electron chi connectivity index (χ2n) is 3.69. The normalized spacial score (nSPS) is 11.8. The van der Waals surface area contributed by atoms with Crippen molar-refractivity contribution < 1.29 is 0 Å². The molecule has 0 amide bonds. The number of nitrogens with two attached hydrogens (primary N) is 1. The van der Waals surface area contributed by atoms with Gasteiger partial charge >= 0.3 is 0 Å². The maximum Gasteiger partial charge on any atom is 0.189 e. The Hall–Kier alpha value is -1.36. The van der Waals surface area contributed by atoms with E-state index in [1.807, 2.05) is 0 Å². The van der Waals surface area contributed by atoms with Gasteiger partial charge in [-0.3, -0.25) is 0 Å². The van der Waals surface area contributed by atoms with Crippen LogP contribution in [0.5, 0.6) is 0 Å². The van der Waals surface area contributed by atoms with Crippen molar-refractivity contribution in [3.63, 3.8) is 0 Å². The lowest BCUT2D eigenvalue weighted by atomic mass is 10.2. The Balaban J connectivity index is 2.50. The van der Waals surface area contributed by atoms with Crippen LogP contribution in [-0.4, -0.2) is 17.5 Å². The number of hydrogen-bond donors (Lipinski definition) is 2. The van der Waals surface area contributed by atoms with Crippen LogP contribution in [0.15, 0.2) is 23.0 Å². The van der Waals surface area contributed by atoms with Crippen molar-refractivity contribution in [2.75, 3.05) is 6.54 Å². The fourth-order valence-corrected chi connectivity index (χ4v) is 1.93. The van der Waals surface area contributed by atoms with Crippen LogP contribution in [0.3, 0.4) is 0 Å². The summed E-state index contributed by atoms with van der Waals surface area (Å²) in [6.45, 7) is 9.01. The Morgan fingerprint density at radius 3 is 3.06 bits per heavy atom. The Morgan fingerprint density at radius 2 is 2.50 bits per heavy atom. The third-order valence-electron chi connectivity index (χ3n) is 1.97. The summed E-state index contributed by atoms with van der Waals surface area (Å²) in [6.07, 6.45) is 1.74. The van der Waals surface area contributed by atoms with Gasteiger partial charge in [0.15, 0.2) is 5.96 Å². The van der Waals surface area contributed by atoms with Gasteiger partial charge < -0.3 is 11.1 Å². The van der Waals surface area contributed by atoms with Crippen molar-refractivity contribution in [3.8, 4) is 0 Å². The molecule has 0 atom stereocenters. The summed E-state index contributed by atoms with van der Waals surface area (Å²) in [5.74, 6) is 0.895. The minimum atomic E-state index is 0.432. The first-order chi connectivity index (χ1) is 7.63. The van der Waals surface area contributed by atoms with E-state index in [9.17, 15) is 0 Å². The highest BCUT2D eigenvalue weighted by Crippen LogP contribution is 2.17. The molecule has 0 saturated carbocycles. The quantitative estimate of drug-likeness (QED) is 0.467. The number of nitrogens with one attached hydrogen (secondary N) is 1. The minimum Gasteiger partial charge on any atom is -0.370 e. The number of rotatable bonds is 5. The smallest absolute Gasteiger partial charge is 0.189 e. The third kappa shape index (κ3) is 4.02. The first-order valence-corrected chi connectivity index (χ1v) is 6.10. The molecule has 0 aliphatic heterocycles. The zero-order valence-electron chi connectivity index (χ0n) is 9.73. The topological polar surface area (TPSA) is 63.3 Å². The molecule has 0 radical (unpaired) electrons. The molecule has 1 rings (SSSR count). The molecule has 5 heteroatoms. The van der Waals surface area contributed by atoms with Gasteiger partial charge in [0.05, 0.1) is 12.2 Å². The van der Waals surface area contributed by atoms with Crippen LogP contribution >= 0.6 is 11.3 Å². The fourth-order valence-electron chi connectivity index (χ4n) is 1.05.